The maximum absolute atomic E-state index is 12.6. The largest absolute Gasteiger partial charge is 0.489 e. The van der Waals surface area contributed by atoms with Crippen molar-refractivity contribution in [2.45, 2.75) is 13.5 Å². The molecule has 0 saturated heterocycles. The molecule has 0 radical (unpaired) electrons. The van der Waals surface area contributed by atoms with Crippen molar-refractivity contribution in [1.82, 2.24) is 25.3 Å². The third kappa shape index (κ3) is 4.12. The molecule has 0 aliphatic rings. The van der Waals surface area contributed by atoms with Crippen LogP contribution in [0.5, 0.6) is 5.75 Å². The number of hydrogen-bond donors (Lipinski definition) is 2. The Morgan fingerprint density at radius 2 is 2.15 bits per heavy atom. The zero-order valence-corrected chi connectivity index (χ0v) is 14.8. The van der Waals surface area contributed by atoms with Crippen LogP contribution in [0.15, 0.2) is 60.0 Å². The monoisotopic (exact) mass is 365 g/mol. The minimum absolute atomic E-state index is 0.262. The second-order valence-electron chi connectivity index (χ2n) is 5.72. The van der Waals surface area contributed by atoms with Crippen LogP contribution in [0.2, 0.25) is 0 Å². The molecule has 2 aromatic heterocycles. The number of aromatic amines is 1. The van der Waals surface area contributed by atoms with Gasteiger partial charge in [-0.1, -0.05) is 30.9 Å². The lowest BCUT2D eigenvalue weighted by Gasteiger charge is -2.11. The lowest BCUT2D eigenvalue weighted by Crippen LogP contribution is -2.23. The van der Waals surface area contributed by atoms with Gasteiger partial charge in [0.05, 0.1) is 17.5 Å². The predicted molar refractivity (Wildman–Crippen MR) is 100 cm³/mol. The van der Waals surface area contributed by atoms with Gasteiger partial charge in [-0.15, -0.1) is 0 Å². The van der Waals surface area contributed by atoms with Gasteiger partial charge in [0.25, 0.3) is 11.5 Å². The second kappa shape index (κ2) is 8.13. The summed E-state index contributed by atoms with van der Waals surface area (Å²) < 4.78 is 7.09. The molecule has 1 amide bonds. The fourth-order valence-electron chi connectivity index (χ4n) is 2.53. The lowest BCUT2D eigenvalue weighted by atomic mass is 10.2. The molecular weight excluding hydrogens is 346 g/mol. The van der Waals surface area contributed by atoms with Crippen molar-refractivity contribution in [3.05, 3.63) is 82.4 Å². The molecule has 0 saturated carbocycles. The van der Waals surface area contributed by atoms with Gasteiger partial charge in [0, 0.05) is 18.2 Å². The molecule has 2 heterocycles. The van der Waals surface area contributed by atoms with Crippen LogP contribution in [-0.4, -0.2) is 32.5 Å². The number of ether oxygens (including phenoxy) is 1. The summed E-state index contributed by atoms with van der Waals surface area (Å²) >= 11 is 0. The summed E-state index contributed by atoms with van der Waals surface area (Å²) in [6.45, 7) is 6.10. The molecule has 0 spiro atoms. The first kappa shape index (κ1) is 18.1. The number of hydrogen-bond acceptors (Lipinski definition) is 5. The fourth-order valence-corrected chi connectivity index (χ4v) is 2.53. The molecular formula is C19H19N5O3. The Kier molecular flexibility index (Phi) is 5.46. The van der Waals surface area contributed by atoms with Crippen molar-refractivity contribution < 1.29 is 9.53 Å². The Bertz CT molecular complexity index is 1000. The predicted octanol–water partition coefficient (Wildman–Crippen LogP) is 1.76. The Labute approximate surface area is 155 Å². The van der Waals surface area contributed by atoms with E-state index in [4.69, 9.17) is 4.74 Å². The standard InChI is InChI=1S/C19H19N5O3/c1-3-10-27-16-7-5-4-6-14(16)11-20-19(26)15-12-21-24(13(15)2)17-8-9-18(25)23-22-17/h3-9,12H,1,10-11H2,2H3,(H,20,26)(H,23,25). The number of H-pyrrole nitrogens is 1. The van der Waals surface area contributed by atoms with Crippen LogP contribution in [0.1, 0.15) is 21.6 Å². The van der Waals surface area contributed by atoms with Gasteiger partial charge in [0.2, 0.25) is 0 Å². The van der Waals surface area contributed by atoms with E-state index in [9.17, 15) is 9.59 Å². The molecule has 8 nitrogen and oxygen atoms in total. The molecule has 1 aromatic carbocycles. The number of para-hydroxylation sites is 1. The number of carbonyl (C=O) groups excluding carboxylic acids is 1. The quantitative estimate of drug-likeness (QED) is 0.621. The SMILES string of the molecule is C=CCOc1ccccc1CNC(=O)c1cnn(-c2ccc(=O)[nH]n2)c1C. The number of benzene rings is 1. The molecule has 27 heavy (non-hydrogen) atoms. The number of rotatable bonds is 7. The van der Waals surface area contributed by atoms with Gasteiger partial charge in [-0.05, 0) is 19.1 Å². The number of nitrogens with zero attached hydrogens (tertiary/aromatic N) is 3. The summed E-state index contributed by atoms with van der Waals surface area (Å²) in [5.41, 5.74) is 1.59. The molecule has 0 fully saturated rings. The van der Waals surface area contributed by atoms with Crippen LogP contribution >= 0.6 is 0 Å². The van der Waals surface area contributed by atoms with Crippen LogP contribution in [0.4, 0.5) is 0 Å². The number of nitrogens with one attached hydrogen (secondary N) is 2. The third-order valence-electron chi connectivity index (χ3n) is 3.90. The number of carbonyl (C=O) groups is 1. The van der Waals surface area contributed by atoms with Crippen LogP contribution in [0.3, 0.4) is 0 Å². The smallest absolute Gasteiger partial charge is 0.264 e. The van der Waals surface area contributed by atoms with Crippen molar-refractivity contribution >= 4 is 5.91 Å². The van der Waals surface area contributed by atoms with Crippen LogP contribution < -0.4 is 15.6 Å². The van der Waals surface area contributed by atoms with E-state index < -0.39 is 0 Å². The van der Waals surface area contributed by atoms with Gasteiger partial charge in [0.15, 0.2) is 5.82 Å². The molecule has 3 rings (SSSR count). The maximum Gasteiger partial charge on any atom is 0.264 e. The maximum atomic E-state index is 12.6. The molecule has 0 bridgehead atoms. The molecule has 8 heteroatoms. The summed E-state index contributed by atoms with van der Waals surface area (Å²) in [7, 11) is 0. The van der Waals surface area contributed by atoms with Gasteiger partial charge in [-0.3, -0.25) is 9.59 Å². The van der Waals surface area contributed by atoms with Crippen molar-refractivity contribution in [2.24, 2.45) is 0 Å². The van der Waals surface area contributed by atoms with Crippen molar-refractivity contribution in [2.75, 3.05) is 6.61 Å². The van der Waals surface area contributed by atoms with E-state index >= 15 is 0 Å². The minimum atomic E-state index is -0.307. The average molecular weight is 365 g/mol. The van der Waals surface area contributed by atoms with Gasteiger partial charge in [-0.25, -0.2) is 9.78 Å². The van der Waals surface area contributed by atoms with Gasteiger partial charge in [0.1, 0.15) is 12.4 Å². The zero-order chi connectivity index (χ0) is 19.2. The molecule has 2 N–H and O–H groups in total. The van der Waals surface area contributed by atoms with Crippen molar-refractivity contribution in [1.29, 1.82) is 0 Å². The summed E-state index contributed by atoms with van der Waals surface area (Å²) in [5.74, 6) is 0.860. The Morgan fingerprint density at radius 1 is 1.33 bits per heavy atom. The van der Waals surface area contributed by atoms with E-state index in [1.54, 1.807) is 13.0 Å². The Morgan fingerprint density at radius 3 is 2.89 bits per heavy atom. The first-order valence-corrected chi connectivity index (χ1v) is 8.30. The van der Waals surface area contributed by atoms with E-state index in [1.807, 2.05) is 24.3 Å². The first-order valence-electron chi connectivity index (χ1n) is 8.30. The summed E-state index contributed by atoms with van der Waals surface area (Å²) in [6.07, 6.45) is 3.13. The summed E-state index contributed by atoms with van der Waals surface area (Å²) in [5, 5.41) is 13.3. The lowest BCUT2D eigenvalue weighted by molar-refractivity contribution is 0.0950. The topological polar surface area (TPSA) is 102 Å². The van der Waals surface area contributed by atoms with E-state index in [1.165, 1.54) is 23.0 Å². The Balaban J connectivity index is 1.73. The normalized spacial score (nSPS) is 10.4. The van der Waals surface area contributed by atoms with Gasteiger partial charge in [-0.2, -0.15) is 10.2 Å². The van der Waals surface area contributed by atoms with Crippen molar-refractivity contribution in [3.8, 4) is 11.6 Å². The molecule has 0 aliphatic carbocycles. The van der Waals surface area contributed by atoms with E-state index in [2.05, 4.69) is 27.2 Å². The molecule has 0 atom stereocenters. The minimum Gasteiger partial charge on any atom is -0.489 e. The molecule has 0 aliphatic heterocycles. The molecule has 3 aromatic rings. The first-order chi connectivity index (χ1) is 13.1. The van der Waals surface area contributed by atoms with E-state index in [-0.39, 0.29) is 11.5 Å². The van der Waals surface area contributed by atoms with E-state index in [0.29, 0.717) is 36.0 Å². The zero-order valence-electron chi connectivity index (χ0n) is 14.8. The van der Waals surface area contributed by atoms with Crippen LogP contribution in [0.25, 0.3) is 5.82 Å². The average Bonchev–Trinajstić information content (AvgIpc) is 3.07. The summed E-state index contributed by atoms with van der Waals surface area (Å²) in [6, 6.07) is 10.4. The molecule has 138 valence electrons. The summed E-state index contributed by atoms with van der Waals surface area (Å²) in [4.78, 5) is 23.7. The Hall–Kier alpha value is -3.68. The molecule has 0 unspecified atom stereocenters. The van der Waals surface area contributed by atoms with Crippen LogP contribution in [0, 0.1) is 6.92 Å². The highest BCUT2D eigenvalue weighted by molar-refractivity contribution is 5.95. The second-order valence-corrected chi connectivity index (χ2v) is 5.72. The van der Waals surface area contributed by atoms with Crippen molar-refractivity contribution in [3.63, 3.8) is 0 Å². The van der Waals surface area contributed by atoms with Gasteiger partial charge < -0.3 is 10.1 Å². The van der Waals surface area contributed by atoms with Crippen LogP contribution in [-0.2, 0) is 6.54 Å². The number of aromatic nitrogens is 4. The highest BCUT2D eigenvalue weighted by Gasteiger charge is 2.16. The number of amides is 1. The fraction of sp³-hybridized carbons (Fsp3) is 0.158. The highest BCUT2D eigenvalue weighted by atomic mass is 16.5. The third-order valence-corrected chi connectivity index (χ3v) is 3.90. The van der Waals surface area contributed by atoms with Gasteiger partial charge >= 0.3 is 0 Å². The van der Waals surface area contributed by atoms with E-state index in [0.717, 1.165) is 5.56 Å². The highest BCUT2D eigenvalue weighted by Crippen LogP contribution is 2.18.